The molecule has 3 rings (SSSR count). The lowest BCUT2D eigenvalue weighted by Gasteiger charge is -2.13. The number of hydrogen-bond donors (Lipinski definition) is 1. The predicted molar refractivity (Wildman–Crippen MR) is 98.6 cm³/mol. The Kier molecular flexibility index (Phi) is 5.49. The van der Waals surface area contributed by atoms with Gasteiger partial charge in [0.15, 0.2) is 5.78 Å². The summed E-state index contributed by atoms with van der Waals surface area (Å²) in [6.45, 7) is 0.888. The van der Waals surface area contributed by atoms with E-state index in [-0.39, 0.29) is 24.3 Å². The van der Waals surface area contributed by atoms with Crippen molar-refractivity contribution < 1.29 is 28.7 Å². The highest BCUT2D eigenvalue weighted by Crippen LogP contribution is 2.29. The fourth-order valence-electron chi connectivity index (χ4n) is 3.03. The fraction of sp³-hybridized carbons (Fsp3) is 0.250. The van der Waals surface area contributed by atoms with Crippen molar-refractivity contribution in [2.75, 3.05) is 19.7 Å². The van der Waals surface area contributed by atoms with Gasteiger partial charge in [-0.3, -0.25) is 28.9 Å². The maximum absolute atomic E-state index is 12.7. The van der Waals surface area contributed by atoms with Crippen molar-refractivity contribution in [3.8, 4) is 0 Å². The number of hydrogen-bond acceptors (Lipinski definition) is 6. The zero-order valence-electron chi connectivity index (χ0n) is 15.2. The molecule has 0 aromatic heterocycles. The van der Waals surface area contributed by atoms with Crippen LogP contribution >= 0.6 is 0 Å². The van der Waals surface area contributed by atoms with E-state index in [0.717, 1.165) is 10.3 Å². The molecule has 0 fully saturated rings. The maximum Gasteiger partial charge on any atom is 0.313 e. The maximum atomic E-state index is 12.7. The number of imide groups is 1. The lowest BCUT2D eigenvalue weighted by molar-refractivity contribution is -0.145. The molecule has 2 aromatic carbocycles. The van der Waals surface area contributed by atoms with E-state index in [1.165, 1.54) is 0 Å². The van der Waals surface area contributed by atoms with Crippen LogP contribution in [0.5, 0.6) is 0 Å². The van der Waals surface area contributed by atoms with Gasteiger partial charge in [-0.15, -0.1) is 0 Å². The second-order valence-electron chi connectivity index (χ2n) is 6.20. The summed E-state index contributed by atoms with van der Waals surface area (Å²) in [7, 11) is 0. The number of carbonyl (C=O) groups is 5. The Labute approximate surface area is 160 Å². The molecule has 0 spiro atoms. The molecular formula is C20H18N2O6. The standard InChI is InChI=1S/C20H18N2O6/c1-2-28-17(25)9-13(23)10-21-16(24)11-22-19(26)15-8-7-12-5-3-4-6-14(12)18(15)20(22)27/h3-8H,2,9-11H2,1H3,(H,21,24). The number of rotatable bonds is 7. The molecule has 0 radical (unpaired) electrons. The predicted octanol–water partition coefficient (Wildman–Crippen LogP) is 1.07. The first-order valence-electron chi connectivity index (χ1n) is 8.74. The molecule has 0 aliphatic carbocycles. The van der Waals surface area contributed by atoms with Gasteiger partial charge < -0.3 is 10.1 Å². The Morgan fingerprint density at radius 3 is 2.54 bits per heavy atom. The third-order valence-corrected chi connectivity index (χ3v) is 4.29. The lowest BCUT2D eigenvalue weighted by atomic mass is 10.0. The Balaban J connectivity index is 1.65. The van der Waals surface area contributed by atoms with Gasteiger partial charge in [0.25, 0.3) is 11.8 Å². The van der Waals surface area contributed by atoms with E-state index in [0.29, 0.717) is 5.39 Å². The van der Waals surface area contributed by atoms with Crippen LogP contribution in [0.2, 0.25) is 0 Å². The van der Waals surface area contributed by atoms with Crippen molar-refractivity contribution in [1.29, 1.82) is 0 Å². The van der Waals surface area contributed by atoms with Crippen molar-refractivity contribution in [3.63, 3.8) is 0 Å². The number of ketones is 1. The van der Waals surface area contributed by atoms with Crippen molar-refractivity contribution >= 4 is 40.2 Å². The van der Waals surface area contributed by atoms with Gasteiger partial charge in [-0.2, -0.15) is 0 Å². The third kappa shape index (κ3) is 3.75. The van der Waals surface area contributed by atoms with Crippen LogP contribution in [-0.2, 0) is 19.1 Å². The van der Waals surface area contributed by atoms with Crippen molar-refractivity contribution in [2.45, 2.75) is 13.3 Å². The normalized spacial score (nSPS) is 12.8. The van der Waals surface area contributed by atoms with Crippen molar-refractivity contribution in [2.24, 2.45) is 0 Å². The lowest BCUT2D eigenvalue weighted by Crippen LogP contribution is -2.42. The van der Waals surface area contributed by atoms with Crippen LogP contribution in [0.25, 0.3) is 10.8 Å². The first kappa shape index (κ1) is 19.2. The fourth-order valence-corrected chi connectivity index (χ4v) is 3.03. The summed E-state index contributed by atoms with van der Waals surface area (Å²) in [5.74, 6) is -2.98. The minimum Gasteiger partial charge on any atom is -0.466 e. The van der Waals surface area contributed by atoms with Crippen molar-refractivity contribution in [1.82, 2.24) is 10.2 Å². The average molecular weight is 382 g/mol. The second-order valence-corrected chi connectivity index (χ2v) is 6.20. The van der Waals surface area contributed by atoms with E-state index in [1.807, 2.05) is 12.1 Å². The Bertz CT molecular complexity index is 997. The van der Waals surface area contributed by atoms with Crippen LogP contribution in [0.1, 0.15) is 34.1 Å². The zero-order valence-corrected chi connectivity index (χ0v) is 15.2. The van der Waals surface area contributed by atoms with E-state index in [9.17, 15) is 24.0 Å². The van der Waals surface area contributed by atoms with Gasteiger partial charge in [0.2, 0.25) is 5.91 Å². The van der Waals surface area contributed by atoms with Gasteiger partial charge in [-0.1, -0.05) is 30.3 Å². The molecule has 8 heteroatoms. The molecule has 0 atom stereocenters. The van der Waals surface area contributed by atoms with Crippen LogP contribution < -0.4 is 5.32 Å². The molecule has 1 heterocycles. The average Bonchev–Trinajstić information content (AvgIpc) is 2.91. The number of amides is 3. The van der Waals surface area contributed by atoms with E-state index in [4.69, 9.17) is 0 Å². The first-order valence-corrected chi connectivity index (χ1v) is 8.74. The molecule has 8 nitrogen and oxygen atoms in total. The molecule has 0 saturated heterocycles. The molecule has 1 aliphatic rings. The molecule has 1 aliphatic heterocycles. The minimum atomic E-state index is -0.672. The van der Waals surface area contributed by atoms with Crippen LogP contribution in [0.15, 0.2) is 36.4 Å². The van der Waals surface area contributed by atoms with Gasteiger partial charge in [0.1, 0.15) is 13.0 Å². The molecule has 144 valence electrons. The van der Waals surface area contributed by atoms with Crippen LogP contribution in [-0.4, -0.2) is 54.1 Å². The first-order chi connectivity index (χ1) is 13.4. The number of carbonyl (C=O) groups excluding carboxylic acids is 5. The smallest absolute Gasteiger partial charge is 0.313 e. The molecule has 0 saturated carbocycles. The van der Waals surface area contributed by atoms with E-state index in [1.54, 1.807) is 31.2 Å². The SMILES string of the molecule is CCOC(=O)CC(=O)CNC(=O)CN1C(=O)c2ccc3ccccc3c2C1=O. The molecule has 28 heavy (non-hydrogen) atoms. The zero-order chi connectivity index (χ0) is 20.3. The second kappa shape index (κ2) is 7.99. The van der Waals surface area contributed by atoms with E-state index < -0.39 is 42.4 Å². The third-order valence-electron chi connectivity index (χ3n) is 4.29. The summed E-state index contributed by atoms with van der Waals surface area (Å²) in [5, 5.41) is 3.78. The van der Waals surface area contributed by atoms with E-state index in [2.05, 4.69) is 10.1 Å². The molecule has 2 aromatic rings. The highest BCUT2D eigenvalue weighted by atomic mass is 16.5. The van der Waals surface area contributed by atoms with Crippen LogP contribution in [0, 0.1) is 0 Å². The highest BCUT2D eigenvalue weighted by molar-refractivity contribution is 6.27. The molecule has 0 unspecified atom stereocenters. The summed E-state index contributed by atoms with van der Waals surface area (Å²) in [4.78, 5) is 61.1. The Morgan fingerprint density at radius 2 is 1.79 bits per heavy atom. The Morgan fingerprint density at radius 1 is 1.04 bits per heavy atom. The monoisotopic (exact) mass is 382 g/mol. The summed E-state index contributed by atoms with van der Waals surface area (Å²) in [5.41, 5.74) is 0.518. The minimum absolute atomic E-state index is 0.160. The van der Waals surface area contributed by atoms with Crippen LogP contribution in [0.3, 0.4) is 0 Å². The van der Waals surface area contributed by atoms with Crippen molar-refractivity contribution in [3.05, 3.63) is 47.5 Å². The number of Topliss-reactive ketones (excluding diaryl/α,β-unsaturated/α-hetero) is 1. The summed E-state index contributed by atoms with van der Waals surface area (Å²) in [6.07, 6.45) is -0.451. The topological polar surface area (TPSA) is 110 Å². The largest absolute Gasteiger partial charge is 0.466 e. The molecule has 3 amide bonds. The summed E-state index contributed by atoms with van der Waals surface area (Å²) in [6, 6.07) is 10.5. The molecular weight excluding hydrogens is 364 g/mol. The van der Waals surface area contributed by atoms with Gasteiger partial charge >= 0.3 is 5.97 Å². The number of esters is 1. The number of fused-ring (bicyclic) bond motifs is 3. The number of ether oxygens (including phenoxy) is 1. The molecule has 1 N–H and O–H groups in total. The van der Waals surface area contributed by atoms with E-state index >= 15 is 0 Å². The number of nitrogens with zero attached hydrogens (tertiary/aromatic N) is 1. The number of nitrogens with one attached hydrogen (secondary N) is 1. The quantitative estimate of drug-likeness (QED) is 0.436. The van der Waals surface area contributed by atoms with Gasteiger partial charge in [0, 0.05) is 0 Å². The highest BCUT2D eigenvalue weighted by Gasteiger charge is 2.37. The summed E-state index contributed by atoms with van der Waals surface area (Å²) >= 11 is 0. The number of benzene rings is 2. The van der Waals surface area contributed by atoms with Gasteiger partial charge in [-0.05, 0) is 23.8 Å². The van der Waals surface area contributed by atoms with Gasteiger partial charge in [-0.25, -0.2) is 0 Å². The molecule has 0 bridgehead atoms. The van der Waals surface area contributed by atoms with Crippen LogP contribution in [0.4, 0.5) is 0 Å². The Hall–Kier alpha value is -3.55. The summed E-state index contributed by atoms with van der Waals surface area (Å²) < 4.78 is 4.66. The van der Waals surface area contributed by atoms with Gasteiger partial charge in [0.05, 0.1) is 24.3 Å².